The van der Waals surface area contributed by atoms with Crippen LogP contribution in [0.3, 0.4) is 0 Å². The van der Waals surface area contributed by atoms with Gasteiger partial charge in [0.1, 0.15) is 5.69 Å². The third-order valence-electron chi connectivity index (χ3n) is 1.67. The number of aliphatic imine (C=N–C) groups is 1. The van der Waals surface area contributed by atoms with Gasteiger partial charge in [0.2, 0.25) is 6.08 Å². The molecule has 0 fully saturated rings. The zero-order chi connectivity index (χ0) is 9.26. The van der Waals surface area contributed by atoms with Gasteiger partial charge in [-0.3, -0.25) is 4.40 Å². The van der Waals surface area contributed by atoms with Gasteiger partial charge < -0.3 is 0 Å². The van der Waals surface area contributed by atoms with Gasteiger partial charge in [-0.2, -0.15) is 4.99 Å². The van der Waals surface area contributed by atoms with Crippen LogP contribution in [0.15, 0.2) is 34.3 Å². The third kappa shape index (κ3) is 1.28. The Kier molecular flexibility index (Phi) is 1.96. The summed E-state index contributed by atoms with van der Waals surface area (Å²) in [6.07, 6.45) is 4.97. The number of nitrogens with zero attached hydrogens (tertiary/aromatic N) is 3. The van der Waals surface area contributed by atoms with Crippen molar-refractivity contribution < 1.29 is 4.79 Å². The van der Waals surface area contributed by atoms with Crippen molar-refractivity contribution in [2.24, 2.45) is 4.99 Å². The minimum absolute atomic E-state index is 0.565. The van der Waals surface area contributed by atoms with Crippen LogP contribution in [0.25, 0.3) is 5.52 Å². The highest BCUT2D eigenvalue weighted by atomic mass is 79.9. The van der Waals surface area contributed by atoms with E-state index in [4.69, 9.17) is 0 Å². The number of halogens is 1. The fourth-order valence-electron chi connectivity index (χ4n) is 1.12. The quantitative estimate of drug-likeness (QED) is 0.563. The van der Waals surface area contributed by atoms with E-state index in [0.29, 0.717) is 10.4 Å². The van der Waals surface area contributed by atoms with Gasteiger partial charge in [-0.15, -0.1) is 0 Å². The average Bonchev–Trinajstić information content (AvgIpc) is 2.50. The number of carbonyl (C=O) groups excluding carboxylic acids is 1. The Morgan fingerprint density at radius 2 is 2.46 bits per heavy atom. The zero-order valence-corrected chi connectivity index (χ0v) is 8.02. The van der Waals surface area contributed by atoms with Crippen molar-refractivity contribution in [1.82, 2.24) is 9.38 Å². The lowest BCUT2D eigenvalue weighted by molar-refractivity contribution is 0.565. The lowest BCUT2D eigenvalue weighted by atomic mass is 10.3. The summed E-state index contributed by atoms with van der Waals surface area (Å²) in [5, 5.41) is 0. The summed E-state index contributed by atoms with van der Waals surface area (Å²) in [7, 11) is 0. The highest BCUT2D eigenvalue weighted by Crippen LogP contribution is 2.22. The molecule has 13 heavy (non-hydrogen) atoms. The van der Waals surface area contributed by atoms with Crippen LogP contribution in [0.1, 0.15) is 0 Å². The maximum absolute atomic E-state index is 10.1. The minimum atomic E-state index is 0.565. The summed E-state index contributed by atoms with van der Waals surface area (Å²) in [5.74, 6) is 0. The number of hydrogen-bond acceptors (Lipinski definition) is 3. The molecule has 0 atom stereocenters. The van der Waals surface area contributed by atoms with Crippen LogP contribution in [0.2, 0.25) is 0 Å². The zero-order valence-electron chi connectivity index (χ0n) is 6.44. The summed E-state index contributed by atoms with van der Waals surface area (Å²) < 4.78 is 2.47. The van der Waals surface area contributed by atoms with E-state index in [1.807, 2.05) is 6.20 Å². The first-order valence-electron chi connectivity index (χ1n) is 3.52. The maximum Gasteiger partial charge on any atom is 0.240 e. The number of rotatable bonds is 1. The molecule has 0 spiro atoms. The molecule has 2 heterocycles. The lowest BCUT2D eigenvalue weighted by Crippen LogP contribution is -1.82. The summed E-state index contributed by atoms with van der Waals surface area (Å²) in [5.41, 5.74) is 1.34. The van der Waals surface area contributed by atoms with Crippen LogP contribution < -0.4 is 0 Å². The second kappa shape index (κ2) is 3.12. The molecule has 0 aliphatic rings. The Morgan fingerprint density at radius 1 is 1.62 bits per heavy atom. The van der Waals surface area contributed by atoms with Crippen LogP contribution in [0.5, 0.6) is 0 Å². The van der Waals surface area contributed by atoms with Gasteiger partial charge in [-0.05, 0) is 28.1 Å². The monoisotopic (exact) mass is 237 g/mol. The molecule has 0 amide bonds. The number of aromatic nitrogens is 2. The van der Waals surface area contributed by atoms with E-state index in [2.05, 4.69) is 25.9 Å². The molecule has 0 saturated carbocycles. The first-order chi connectivity index (χ1) is 6.33. The van der Waals surface area contributed by atoms with Crippen LogP contribution in [0.4, 0.5) is 5.69 Å². The van der Waals surface area contributed by atoms with Gasteiger partial charge in [-0.1, -0.05) is 0 Å². The van der Waals surface area contributed by atoms with E-state index in [9.17, 15) is 4.79 Å². The van der Waals surface area contributed by atoms with Crippen molar-refractivity contribution in [1.29, 1.82) is 0 Å². The van der Waals surface area contributed by atoms with E-state index in [1.54, 1.807) is 22.7 Å². The van der Waals surface area contributed by atoms with Crippen LogP contribution in [-0.4, -0.2) is 15.5 Å². The van der Waals surface area contributed by atoms with E-state index >= 15 is 0 Å². The predicted octanol–water partition coefficient (Wildman–Crippen LogP) is 2.06. The highest BCUT2D eigenvalue weighted by molar-refractivity contribution is 9.10. The number of pyridine rings is 1. The van der Waals surface area contributed by atoms with Gasteiger partial charge in [0.05, 0.1) is 11.7 Å². The SMILES string of the molecule is O=C=Nc1cccn2c(Br)ncc12. The number of fused-ring (bicyclic) bond motifs is 1. The van der Waals surface area contributed by atoms with Crippen LogP contribution >= 0.6 is 15.9 Å². The van der Waals surface area contributed by atoms with E-state index < -0.39 is 0 Å². The minimum Gasteiger partial charge on any atom is -0.292 e. The van der Waals surface area contributed by atoms with Gasteiger partial charge in [-0.25, -0.2) is 9.78 Å². The Labute approximate surface area is 82.1 Å². The molecular formula is C8H4BrN3O. The molecule has 5 heteroatoms. The van der Waals surface area contributed by atoms with Gasteiger partial charge in [0.15, 0.2) is 4.73 Å². The van der Waals surface area contributed by atoms with Gasteiger partial charge >= 0.3 is 0 Å². The number of hydrogen-bond donors (Lipinski definition) is 0. The second-order valence-electron chi connectivity index (χ2n) is 2.38. The maximum atomic E-state index is 10.1. The first kappa shape index (κ1) is 8.16. The molecule has 0 radical (unpaired) electrons. The van der Waals surface area contributed by atoms with E-state index in [0.717, 1.165) is 5.52 Å². The Morgan fingerprint density at radius 3 is 3.23 bits per heavy atom. The van der Waals surface area contributed by atoms with Crippen molar-refractivity contribution in [2.45, 2.75) is 0 Å². The Balaban J connectivity index is 2.84. The third-order valence-corrected chi connectivity index (χ3v) is 2.26. The largest absolute Gasteiger partial charge is 0.292 e. The molecule has 0 N–H and O–H groups in total. The highest BCUT2D eigenvalue weighted by Gasteiger charge is 2.02. The predicted molar refractivity (Wildman–Crippen MR) is 50.7 cm³/mol. The molecular weight excluding hydrogens is 234 g/mol. The molecule has 2 rings (SSSR count). The normalized spacial score (nSPS) is 9.92. The summed E-state index contributed by atoms with van der Waals surface area (Å²) in [6.45, 7) is 0. The second-order valence-corrected chi connectivity index (χ2v) is 3.09. The molecule has 0 aliphatic heterocycles. The van der Waals surface area contributed by atoms with Crippen molar-refractivity contribution >= 4 is 33.2 Å². The van der Waals surface area contributed by atoms with E-state index in [1.165, 1.54) is 6.08 Å². The van der Waals surface area contributed by atoms with Gasteiger partial charge in [0, 0.05) is 6.20 Å². The summed E-state index contributed by atoms with van der Waals surface area (Å²) in [4.78, 5) is 17.7. The van der Waals surface area contributed by atoms with Crippen LogP contribution in [0, 0.1) is 0 Å². The molecule has 0 saturated heterocycles. The standard InChI is InChI=1S/C8H4BrN3O/c9-8-10-4-7-6(11-5-13)2-1-3-12(7)8/h1-4H. The average molecular weight is 238 g/mol. The molecule has 0 aliphatic carbocycles. The molecule has 64 valence electrons. The Hall–Kier alpha value is -1.45. The molecule has 0 bridgehead atoms. The van der Waals surface area contributed by atoms with Crippen molar-refractivity contribution in [3.8, 4) is 0 Å². The molecule has 4 nitrogen and oxygen atoms in total. The molecule has 2 aromatic heterocycles. The number of imidazole rings is 1. The van der Waals surface area contributed by atoms with E-state index in [-0.39, 0.29) is 0 Å². The summed E-state index contributed by atoms with van der Waals surface area (Å²) >= 11 is 3.26. The van der Waals surface area contributed by atoms with Gasteiger partial charge in [0.25, 0.3) is 0 Å². The lowest BCUT2D eigenvalue weighted by Gasteiger charge is -1.95. The fourth-order valence-corrected chi connectivity index (χ4v) is 1.53. The van der Waals surface area contributed by atoms with Crippen molar-refractivity contribution in [2.75, 3.05) is 0 Å². The molecule has 2 aromatic rings. The summed E-state index contributed by atoms with van der Waals surface area (Å²) in [6, 6.07) is 3.52. The molecule has 0 unspecified atom stereocenters. The molecule has 0 aromatic carbocycles. The fraction of sp³-hybridized carbons (Fsp3) is 0. The smallest absolute Gasteiger partial charge is 0.240 e. The Bertz CT molecular complexity index is 499. The van der Waals surface area contributed by atoms with Crippen molar-refractivity contribution in [3.63, 3.8) is 0 Å². The van der Waals surface area contributed by atoms with Crippen molar-refractivity contribution in [3.05, 3.63) is 29.3 Å². The topological polar surface area (TPSA) is 46.7 Å². The first-order valence-corrected chi connectivity index (χ1v) is 4.31. The number of isocyanates is 1. The van der Waals surface area contributed by atoms with Crippen LogP contribution in [-0.2, 0) is 4.79 Å².